The predicted octanol–water partition coefficient (Wildman–Crippen LogP) is 4.75. The summed E-state index contributed by atoms with van der Waals surface area (Å²) in [5.41, 5.74) is 0.968. The average molecular weight is 344 g/mol. The van der Waals surface area contributed by atoms with E-state index in [2.05, 4.69) is 15.9 Å². The van der Waals surface area contributed by atoms with E-state index in [1.54, 1.807) is 18.2 Å². The Kier molecular flexibility index (Phi) is 3.37. The molecular weight excluding hydrogens is 335 g/mol. The monoisotopic (exact) mass is 342 g/mol. The molecule has 1 aliphatic heterocycles. The van der Waals surface area contributed by atoms with Crippen molar-refractivity contribution in [2.75, 3.05) is 6.61 Å². The molecule has 0 aromatic heterocycles. The highest BCUT2D eigenvalue weighted by Gasteiger charge is 2.25. The van der Waals surface area contributed by atoms with Gasteiger partial charge in [0.05, 0.1) is 4.47 Å². The Morgan fingerprint density at radius 3 is 2.63 bits per heavy atom. The van der Waals surface area contributed by atoms with Gasteiger partial charge in [-0.25, -0.2) is 4.39 Å². The predicted molar refractivity (Wildman–Crippen MR) is 74.4 cm³/mol. The molecule has 5 heteroatoms. The van der Waals surface area contributed by atoms with Gasteiger partial charge in [-0.2, -0.15) is 0 Å². The number of hydrogen-bond donors (Lipinski definition) is 0. The van der Waals surface area contributed by atoms with Gasteiger partial charge in [0, 0.05) is 5.02 Å². The average Bonchev–Trinajstić information content (AvgIpc) is 2.43. The van der Waals surface area contributed by atoms with Crippen LogP contribution in [-0.4, -0.2) is 6.61 Å². The molecule has 19 heavy (non-hydrogen) atoms. The Labute approximate surface area is 123 Å². The first-order valence-corrected chi connectivity index (χ1v) is 6.85. The Hall–Kier alpha value is -1.26. The van der Waals surface area contributed by atoms with Crippen molar-refractivity contribution in [2.24, 2.45) is 0 Å². The fraction of sp³-hybridized carbons (Fsp3) is 0.143. The number of hydrogen-bond acceptors (Lipinski definition) is 2. The SMILES string of the molecule is Fc1ccc2c(c1Br)OC[C@@H](c1ccc(Cl)cc1)O2. The summed E-state index contributed by atoms with van der Waals surface area (Å²) in [6, 6.07) is 10.3. The molecule has 0 unspecified atom stereocenters. The quantitative estimate of drug-likeness (QED) is 0.743. The summed E-state index contributed by atoms with van der Waals surface area (Å²) in [6.07, 6.45) is -0.220. The molecule has 0 spiro atoms. The van der Waals surface area contributed by atoms with E-state index in [-0.39, 0.29) is 11.9 Å². The maximum absolute atomic E-state index is 13.4. The minimum atomic E-state index is -0.368. The van der Waals surface area contributed by atoms with Gasteiger partial charge in [0.1, 0.15) is 12.4 Å². The van der Waals surface area contributed by atoms with Gasteiger partial charge >= 0.3 is 0 Å². The van der Waals surface area contributed by atoms with Crippen LogP contribution in [0.15, 0.2) is 40.9 Å². The molecule has 98 valence electrons. The van der Waals surface area contributed by atoms with Crippen molar-refractivity contribution in [3.63, 3.8) is 0 Å². The molecule has 2 aromatic carbocycles. The lowest BCUT2D eigenvalue weighted by molar-refractivity contribution is 0.0898. The molecule has 1 heterocycles. The van der Waals surface area contributed by atoms with Crippen LogP contribution in [0.3, 0.4) is 0 Å². The van der Waals surface area contributed by atoms with Crippen molar-refractivity contribution in [1.82, 2.24) is 0 Å². The number of ether oxygens (including phenoxy) is 2. The highest BCUT2D eigenvalue weighted by molar-refractivity contribution is 9.10. The van der Waals surface area contributed by atoms with E-state index in [9.17, 15) is 4.39 Å². The van der Waals surface area contributed by atoms with Crippen LogP contribution >= 0.6 is 27.5 Å². The Bertz CT molecular complexity index is 616. The van der Waals surface area contributed by atoms with Crippen molar-refractivity contribution in [3.05, 3.63) is 57.3 Å². The summed E-state index contributed by atoms with van der Waals surface area (Å²) in [5.74, 6) is 0.567. The fourth-order valence-corrected chi connectivity index (χ4v) is 2.50. The molecule has 0 radical (unpaired) electrons. The number of halogens is 3. The van der Waals surface area contributed by atoms with Gasteiger partial charge in [0.15, 0.2) is 17.6 Å². The van der Waals surface area contributed by atoms with Crippen molar-refractivity contribution in [3.8, 4) is 11.5 Å². The molecule has 1 aliphatic rings. The highest BCUT2D eigenvalue weighted by Crippen LogP contribution is 2.42. The molecule has 2 aromatic rings. The van der Waals surface area contributed by atoms with Crippen LogP contribution in [-0.2, 0) is 0 Å². The third kappa shape index (κ3) is 2.42. The van der Waals surface area contributed by atoms with E-state index in [4.69, 9.17) is 21.1 Å². The molecular formula is C14H9BrClFO2. The standard InChI is InChI=1S/C14H9BrClFO2/c15-13-10(17)5-6-11-14(13)18-7-12(19-11)8-1-3-9(16)4-2-8/h1-6,12H,7H2/t12-/m0/s1. The van der Waals surface area contributed by atoms with E-state index in [1.165, 1.54) is 6.07 Å². The minimum absolute atomic E-state index is 0.220. The summed E-state index contributed by atoms with van der Waals surface area (Å²) in [5, 5.41) is 0.672. The van der Waals surface area contributed by atoms with Crippen LogP contribution in [0.2, 0.25) is 5.02 Å². The Balaban J connectivity index is 1.90. The van der Waals surface area contributed by atoms with Crippen LogP contribution in [0.4, 0.5) is 4.39 Å². The molecule has 0 aliphatic carbocycles. The van der Waals surface area contributed by atoms with E-state index in [0.717, 1.165) is 5.56 Å². The molecule has 0 saturated carbocycles. The summed E-state index contributed by atoms with van der Waals surface area (Å²) < 4.78 is 25.1. The first kappa shape index (κ1) is 12.8. The van der Waals surface area contributed by atoms with Gasteiger partial charge in [0.25, 0.3) is 0 Å². The molecule has 0 N–H and O–H groups in total. The van der Waals surface area contributed by atoms with E-state index < -0.39 is 0 Å². The Morgan fingerprint density at radius 2 is 1.89 bits per heavy atom. The first-order chi connectivity index (χ1) is 9.15. The summed E-state index contributed by atoms with van der Waals surface area (Å²) in [6.45, 7) is 0.330. The van der Waals surface area contributed by atoms with E-state index in [0.29, 0.717) is 27.6 Å². The fourth-order valence-electron chi connectivity index (χ4n) is 1.93. The third-order valence-electron chi connectivity index (χ3n) is 2.90. The van der Waals surface area contributed by atoms with Crippen molar-refractivity contribution >= 4 is 27.5 Å². The molecule has 0 saturated heterocycles. The maximum atomic E-state index is 13.4. The molecule has 0 fully saturated rings. The lowest BCUT2D eigenvalue weighted by Gasteiger charge is -2.27. The van der Waals surface area contributed by atoms with Crippen LogP contribution < -0.4 is 9.47 Å². The molecule has 2 nitrogen and oxygen atoms in total. The number of rotatable bonds is 1. The van der Waals surface area contributed by atoms with Gasteiger partial charge in [-0.1, -0.05) is 23.7 Å². The number of benzene rings is 2. The Morgan fingerprint density at radius 1 is 1.16 bits per heavy atom. The van der Waals surface area contributed by atoms with Gasteiger partial charge in [-0.3, -0.25) is 0 Å². The number of fused-ring (bicyclic) bond motifs is 1. The summed E-state index contributed by atoms with van der Waals surface area (Å²) in [7, 11) is 0. The van der Waals surface area contributed by atoms with Crippen LogP contribution in [0, 0.1) is 5.82 Å². The topological polar surface area (TPSA) is 18.5 Å². The second-order valence-electron chi connectivity index (χ2n) is 4.16. The smallest absolute Gasteiger partial charge is 0.178 e. The molecule has 0 amide bonds. The normalized spacial score (nSPS) is 17.3. The first-order valence-electron chi connectivity index (χ1n) is 5.68. The van der Waals surface area contributed by atoms with Gasteiger partial charge in [-0.05, 0) is 45.8 Å². The largest absolute Gasteiger partial charge is 0.484 e. The lowest BCUT2D eigenvalue weighted by atomic mass is 10.1. The van der Waals surface area contributed by atoms with Crippen LogP contribution in [0.5, 0.6) is 11.5 Å². The van der Waals surface area contributed by atoms with Crippen molar-refractivity contribution in [2.45, 2.75) is 6.10 Å². The van der Waals surface area contributed by atoms with Crippen molar-refractivity contribution < 1.29 is 13.9 Å². The molecule has 0 bridgehead atoms. The molecule has 3 rings (SSSR count). The maximum Gasteiger partial charge on any atom is 0.178 e. The van der Waals surface area contributed by atoms with Gasteiger partial charge < -0.3 is 9.47 Å². The highest BCUT2D eigenvalue weighted by atomic mass is 79.9. The van der Waals surface area contributed by atoms with Gasteiger partial charge in [0.2, 0.25) is 0 Å². The summed E-state index contributed by atoms with van der Waals surface area (Å²) in [4.78, 5) is 0. The van der Waals surface area contributed by atoms with Gasteiger partial charge in [-0.15, -0.1) is 0 Å². The van der Waals surface area contributed by atoms with Crippen LogP contribution in [0.25, 0.3) is 0 Å². The lowest BCUT2D eigenvalue weighted by Crippen LogP contribution is -2.21. The second kappa shape index (κ2) is 5.02. The second-order valence-corrected chi connectivity index (χ2v) is 5.39. The minimum Gasteiger partial charge on any atom is -0.484 e. The van der Waals surface area contributed by atoms with Crippen molar-refractivity contribution in [1.29, 1.82) is 0 Å². The zero-order chi connectivity index (χ0) is 13.4. The molecule has 1 atom stereocenters. The van der Waals surface area contributed by atoms with E-state index in [1.807, 2.05) is 12.1 Å². The van der Waals surface area contributed by atoms with E-state index >= 15 is 0 Å². The van der Waals surface area contributed by atoms with Crippen LogP contribution in [0.1, 0.15) is 11.7 Å². The summed E-state index contributed by atoms with van der Waals surface area (Å²) >= 11 is 9.00. The zero-order valence-corrected chi connectivity index (χ0v) is 12.0. The zero-order valence-electron chi connectivity index (χ0n) is 9.70. The third-order valence-corrected chi connectivity index (χ3v) is 3.89.